The molecule has 0 bridgehead atoms. The van der Waals surface area contributed by atoms with Crippen LogP contribution in [0.5, 0.6) is 0 Å². The van der Waals surface area contributed by atoms with E-state index in [4.69, 9.17) is 9.72 Å². The van der Waals surface area contributed by atoms with Crippen LogP contribution >= 0.6 is 0 Å². The SMILES string of the molecule is C[C@@H]1C(=O)N(C)c2ccc(N3C(=O)CCC3c3ccccc3)nc2N1C(=O)OC(C)(C)C. The number of nitrogens with zero attached hydrogens (tertiary/aromatic N) is 4. The lowest BCUT2D eigenvalue weighted by Gasteiger charge is -2.38. The minimum atomic E-state index is -0.788. The number of carbonyl (C=O) groups is 3. The van der Waals surface area contributed by atoms with Crippen molar-refractivity contribution in [3.63, 3.8) is 0 Å². The molecule has 2 aliphatic rings. The Morgan fingerprint density at radius 3 is 2.44 bits per heavy atom. The molecule has 1 aromatic heterocycles. The molecular formula is C24H28N4O4. The number of hydrogen-bond acceptors (Lipinski definition) is 5. The van der Waals surface area contributed by atoms with Crippen molar-refractivity contribution in [2.75, 3.05) is 21.7 Å². The first-order chi connectivity index (χ1) is 15.1. The summed E-state index contributed by atoms with van der Waals surface area (Å²) >= 11 is 0. The third kappa shape index (κ3) is 3.81. The number of aromatic nitrogens is 1. The van der Waals surface area contributed by atoms with Crippen molar-refractivity contribution in [3.05, 3.63) is 48.0 Å². The van der Waals surface area contributed by atoms with Gasteiger partial charge in [-0.1, -0.05) is 30.3 Å². The third-order valence-corrected chi connectivity index (χ3v) is 5.74. The summed E-state index contributed by atoms with van der Waals surface area (Å²) in [5, 5.41) is 0. The van der Waals surface area contributed by atoms with Gasteiger partial charge in [0.25, 0.3) is 0 Å². The molecule has 168 valence electrons. The van der Waals surface area contributed by atoms with Crippen molar-refractivity contribution in [1.82, 2.24) is 4.98 Å². The largest absolute Gasteiger partial charge is 0.443 e. The Morgan fingerprint density at radius 2 is 1.78 bits per heavy atom. The lowest BCUT2D eigenvalue weighted by Crippen LogP contribution is -2.54. The van der Waals surface area contributed by atoms with Crippen molar-refractivity contribution >= 4 is 35.2 Å². The Bertz CT molecular complexity index is 1060. The summed E-state index contributed by atoms with van der Waals surface area (Å²) in [6, 6.07) is 12.4. The fourth-order valence-corrected chi connectivity index (χ4v) is 4.21. The van der Waals surface area contributed by atoms with E-state index in [0.717, 1.165) is 5.56 Å². The molecular weight excluding hydrogens is 408 g/mol. The van der Waals surface area contributed by atoms with E-state index in [0.29, 0.717) is 30.2 Å². The van der Waals surface area contributed by atoms with Crippen LogP contribution < -0.4 is 14.7 Å². The van der Waals surface area contributed by atoms with E-state index < -0.39 is 17.7 Å². The number of hydrogen-bond donors (Lipinski definition) is 0. The normalized spacial score (nSPS) is 21.1. The van der Waals surface area contributed by atoms with Gasteiger partial charge in [0.1, 0.15) is 17.5 Å². The van der Waals surface area contributed by atoms with Crippen LogP contribution in [0.15, 0.2) is 42.5 Å². The maximum absolute atomic E-state index is 13.0. The molecule has 0 spiro atoms. The summed E-state index contributed by atoms with van der Waals surface area (Å²) in [6.45, 7) is 6.95. The van der Waals surface area contributed by atoms with Gasteiger partial charge < -0.3 is 9.64 Å². The first-order valence-corrected chi connectivity index (χ1v) is 10.8. The number of fused-ring (bicyclic) bond motifs is 1. The topological polar surface area (TPSA) is 83.1 Å². The van der Waals surface area contributed by atoms with E-state index >= 15 is 0 Å². The maximum atomic E-state index is 13.0. The highest BCUT2D eigenvalue weighted by Crippen LogP contribution is 2.41. The van der Waals surface area contributed by atoms with Gasteiger partial charge in [0.05, 0.1) is 11.7 Å². The van der Waals surface area contributed by atoms with Gasteiger partial charge in [-0.15, -0.1) is 0 Å². The van der Waals surface area contributed by atoms with Gasteiger partial charge in [-0.25, -0.2) is 14.7 Å². The van der Waals surface area contributed by atoms with Gasteiger partial charge >= 0.3 is 6.09 Å². The molecule has 0 aliphatic carbocycles. The number of ether oxygens (including phenoxy) is 1. The van der Waals surface area contributed by atoms with Crippen molar-refractivity contribution in [2.24, 2.45) is 0 Å². The summed E-state index contributed by atoms with van der Waals surface area (Å²) in [5.74, 6) is 0.488. The maximum Gasteiger partial charge on any atom is 0.416 e. The quantitative estimate of drug-likeness (QED) is 0.709. The second-order valence-corrected chi connectivity index (χ2v) is 9.16. The molecule has 3 amide bonds. The van der Waals surface area contributed by atoms with Gasteiger partial charge in [0.15, 0.2) is 5.82 Å². The monoisotopic (exact) mass is 436 g/mol. The minimum Gasteiger partial charge on any atom is -0.443 e. The molecule has 1 unspecified atom stereocenters. The number of pyridine rings is 1. The molecule has 2 atom stereocenters. The van der Waals surface area contributed by atoms with Crippen LogP contribution in [-0.4, -0.2) is 41.6 Å². The highest BCUT2D eigenvalue weighted by molar-refractivity contribution is 6.11. The Morgan fingerprint density at radius 1 is 1.09 bits per heavy atom. The first kappa shape index (κ1) is 21.8. The van der Waals surface area contributed by atoms with Crippen molar-refractivity contribution < 1.29 is 19.1 Å². The molecule has 0 saturated carbocycles. The van der Waals surface area contributed by atoms with E-state index in [1.807, 2.05) is 30.3 Å². The Balaban J connectivity index is 1.78. The molecule has 4 rings (SSSR count). The van der Waals surface area contributed by atoms with Crippen LogP contribution in [0.2, 0.25) is 0 Å². The fourth-order valence-electron chi connectivity index (χ4n) is 4.21. The molecule has 1 aromatic carbocycles. The van der Waals surface area contributed by atoms with Crippen LogP contribution in [0.1, 0.15) is 52.1 Å². The summed E-state index contributed by atoms with van der Waals surface area (Å²) in [7, 11) is 1.65. The number of benzene rings is 1. The van der Waals surface area contributed by atoms with Gasteiger partial charge in [-0.2, -0.15) is 0 Å². The van der Waals surface area contributed by atoms with Crippen molar-refractivity contribution in [1.29, 1.82) is 0 Å². The number of anilines is 3. The third-order valence-electron chi connectivity index (χ3n) is 5.74. The van der Waals surface area contributed by atoms with Gasteiger partial charge in [-0.05, 0) is 51.8 Å². The Kier molecular flexibility index (Phi) is 5.40. The van der Waals surface area contributed by atoms with E-state index in [1.54, 1.807) is 51.8 Å². The predicted octanol–water partition coefficient (Wildman–Crippen LogP) is 4.06. The summed E-state index contributed by atoms with van der Waals surface area (Å²) < 4.78 is 5.56. The van der Waals surface area contributed by atoms with Crippen LogP contribution in [0, 0.1) is 0 Å². The highest BCUT2D eigenvalue weighted by Gasteiger charge is 2.42. The zero-order valence-electron chi connectivity index (χ0n) is 19.0. The molecule has 8 nitrogen and oxygen atoms in total. The van der Waals surface area contributed by atoms with E-state index in [2.05, 4.69) is 0 Å². The molecule has 1 saturated heterocycles. The number of carbonyl (C=O) groups excluding carboxylic acids is 3. The second-order valence-electron chi connectivity index (χ2n) is 9.16. The van der Waals surface area contributed by atoms with E-state index in [1.165, 1.54) is 9.80 Å². The molecule has 0 radical (unpaired) electrons. The van der Waals surface area contributed by atoms with Crippen LogP contribution in [0.3, 0.4) is 0 Å². The Labute approximate surface area is 187 Å². The number of rotatable bonds is 2. The number of amides is 3. The van der Waals surface area contributed by atoms with Crippen molar-refractivity contribution in [3.8, 4) is 0 Å². The molecule has 2 aromatic rings. The summed E-state index contributed by atoms with van der Waals surface area (Å²) in [6.07, 6.45) is 0.458. The fraction of sp³-hybridized carbons (Fsp3) is 0.417. The molecule has 0 N–H and O–H groups in total. The van der Waals surface area contributed by atoms with Crippen LogP contribution in [-0.2, 0) is 14.3 Å². The standard InChI is InChI=1S/C24H28N4O4/c1-15-22(30)26(5)18-11-13-19(25-21(18)27(15)23(31)32-24(2,3)4)28-17(12-14-20(28)29)16-9-7-6-8-10-16/h6-11,13,15,17H,12,14H2,1-5H3/t15-,17?/m1/s1. The zero-order chi connectivity index (χ0) is 23.2. The average Bonchev–Trinajstić information content (AvgIpc) is 3.12. The van der Waals surface area contributed by atoms with E-state index in [9.17, 15) is 14.4 Å². The van der Waals surface area contributed by atoms with Crippen LogP contribution in [0.4, 0.5) is 22.1 Å². The predicted molar refractivity (Wildman–Crippen MR) is 122 cm³/mol. The van der Waals surface area contributed by atoms with Gasteiger partial charge in [0, 0.05) is 13.5 Å². The first-order valence-electron chi connectivity index (χ1n) is 10.8. The molecule has 1 fully saturated rings. The Hall–Kier alpha value is -3.42. The van der Waals surface area contributed by atoms with E-state index in [-0.39, 0.29) is 17.9 Å². The lowest BCUT2D eigenvalue weighted by molar-refractivity contribution is -0.119. The van der Waals surface area contributed by atoms with Crippen molar-refractivity contribution in [2.45, 2.75) is 58.2 Å². The summed E-state index contributed by atoms with van der Waals surface area (Å²) in [5.41, 5.74) is 0.790. The summed E-state index contributed by atoms with van der Waals surface area (Å²) in [4.78, 5) is 47.8. The average molecular weight is 437 g/mol. The molecule has 8 heteroatoms. The minimum absolute atomic E-state index is 0.0246. The molecule has 3 heterocycles. The van der Waals surface area contributed by atoms with Gasteiger partial charge in [-0.3, -0.25) is 14.5 Å². The van der Waals surface area contributed by atoms with Gasteiger partial charge in [0.2, 0.25) is 11.8 Å². The zero-order valence-corrected chi connectivity index (χ0v) is 19.0. The smallest absolute Gasteiger partial charge is 0.416 e. The molecule has 2 aliphatic heterocycles. The highest BCUT2D eigenvalue weighted by atomic mass is 16.6. The number of likely N-dealkylation sites (N-methyl/N-ethyl adjacent to an activating group) is 1. The second kappa shape index (κ2) is 7.93. The molecule has 32 heavy (non-hydrogen) atoms. The lowest BCUT2D eigenvalue weighted by atomic mass is 10.0. The van der Waals surface area contributed by atoms with Crippen LogP contribution in [0.25, 0.3) is 0 Å².